The Labute approximate surface area is 192 Å². The molecule has 1 aromatic heterocycles. The number of amides is 4. The number of nitro benzene ring substituents is 1. The number of anilines is 2. The molecule has 0 saturated carbocycles. The Hall–Kier alpha value is -4.80. The van der Waals surface area contributed by atoms with E-state index in [4.69, 9.17) is 4.42 Å². The van der Waals surface area contributed by atoms with Gasteiger partial charge in [0.2, 0.25) is 5.91 Å². The van der Waals surface area contributed by atoms with Crippen molar-refractivity contribution >= 4 is 40.7 Å². The summed E-state index contributed by atoms with van der Waals surface area (Å²) in [6.45, 7) is 1.59. The van der Waals surface area contributed by atoms with Gasteiger partial charge in [0, 0.05) is 25.1 Å². The summed E-state index contributed by atoms with van der Waals surface area (Å²) in [5.74, 6) is -2.21. The highest BCUT2D eigenvalue weighted by Crippen LogP contribution is 2.27. The predicted octanol–water partition coefficient (Wildman–Crippen LogP) is 3.37. The highest BCUT2D eigenvalue weighted by atomic mass is 16.6. The maximum atomic E-state index is 12.6. The molecule has 0 fully saturated rings. The molecule has 2 aromatic carbocycles. The molecule has 4 amide bonds. The molecule has 1 aliphatic rings. The van der Waals surface area contributed by atoms with E-state index in [9.17, 15) is 29.3 Å². The Morgan fingerprint density at radius 2 is 1.76 bits per heavy atom. The van der Waals surface area contributed by atoms with E-state index in [1.807, 2.05) is 6.92 Å². The van der Waals surface area contributed by atoms with Crippen molar-refractivity contribution in [3.63, 3.8) is 0 Å². The van der Waals surface area contributed by atoms with E-state index < -0.39 is 28.6 Å². The van der Waals surface area contributed by atoms with E-state index in [1.165, 1.54) is 18.4 Å². The number of benzene rings is 2. The van der Waals surface area contributed by atoms with Crippen LogP contribution in [0.25, 0.3) is 0 Å². The van der Waals surface area contributed by atoms with Crippen LogP contribution in [-0.4, -0.2) is 40.0 Å². The van der Waals surface area contributed by atoms with Gasteiger partial charge >= 0.3 is 0 Å². The van der Waals surface area contributed by atoms with Crippen molar-refractivity contribution in [2.45, 2.75) is 13.3 Å². The smallest absolute Gasteiger partial charge is 0.291 e. The van der Waals surface area contributed by atoms with E-state index in [2.05, 4.69) is 10.6 Å². The van der Waals surface area contributed by atoms with Crippen molar-refractivity contribution in [2.24, 2.45) is 0 Å². The average Bonchev–Trinajstić information content (AvgIpc) is 3.42. The normalized spacial score (nSPS) is 12.4. The van der Waals surface area contributed by atoms with Gasteiger partial charge in [-0.2, -0.15) is 0 Å². The summed E-state index contributed by atoms with van der Waals surface area (Å²) in [6, 6.07) is 11.6. The lowest BCUT2D eigenvalue weighted by Crippen LogP contribution is -2.33. The molecule has 11 nitrogen and oxygen atoms in total. The molecule has 2 heterocycles. The van der Waals surface area contributed by atoms with E-state index in [1.54, 1.807) is 24.3 Å². The molecule has 0 bridgehead atoms. The molecule has 172 valence electrons. The van der Waals surface area contributed by atoms with Crippen LogP contribution >= 0.6 is 0 Å². The van der Waals surface area contributed by atoms with Crippen LogP contribution in [0.15, 0.2) is 59.2 Å². The first-order valence-corrected chi connectivity index (χ1v) is 10.1. The first-order chi connectivity index (χ1) is 16.2. The molecule has 0 unspecified atom stereocenters. The number of nitrogens with zero attached hydrogens (tertiary/aromatic N) is 2. The number of hydrogen-bond acceptors (Lipinski definition) is 7. The largest absolute Gasteiger partial charge is 0.459 e. The lowest BCUT2D eigenvalue weighted by atomic mass is 10.1. The van der Waals surface area contributed by atoms with E-state index in [0.29, 0.717) is 11.4 Å². The molecular formula is C23H18N4O7. The Kier molecular flexibility index (Phi) is 5.92. The third-order valence-electron chi connectivity index (χ3n) is 5.17. The number of rotatable bonds is 7. The maximum Gasteiger partial charge on any atom is 0.291 e. The average molecular weight is 462 g/mol. The Morgan fingerprint density at radius 3 is 2.47 bits per heavy atom. The lowest BCUT2D eigenvalue weighted by Gasteiger charge is -2.15. The lowest BCUT2D eigenvalue weighted by molar-refractivity contribution is -0.384. The van der Waals surface area contributed by atoms with Crippen LogP contribution in [0.5, 0.6) is 0 Å². The minimum atomic E-state index is -0.696. The zero-order valence-corrected chi connectivity index (χ0v) is 17.9. The van der Waals surface area contributed by atoms with Gasteiger partial charge in [-0.3, -0.25) is 34.2 Å². The number of non-ortho nitro benzene ring substituents is 1. The number of nitro groups is 1. The van der Waals surface area contributed by atoms with Crippen molar-refractivity contribution in [3.05, 3.63) is 87.4 Å². The number of hydrogen-bond donors (Lipinski definition) is 2. The fourth-order valence-corrected chi connectivity index (χ4v) is 3.48. The van der Waals surface area contributed by atoms with Crippen molar-refractivity contribution < 1.29 is 28.5 Å². The summed E-state index contributed by atoms with van der Waals surface area (Å²) >= 11 is 0. The molecular weight excluding hydrogens is 444 g/mol. The minimum absolute atomic E-state index is 0.0533. The molecule has 4 rings (SSSR count). The highest BCUT2D eigenvalue weighted by molar-refractivity contribution is 6.21. The van der Waals surface area contributed by atoms with E-state index >= 15 is 0 Å². The molecule has 0 spiro atoms. The summed E-state index contributed by atoms with van der Waals surface area (Å²) in [7, 11) is 0. The van der Waals surface area contributed by atoms with Crippen LogP contribution in [-0.2, 0) is 4.79 Å². The van der Waals surface area contributed by atoms with Gasteiger partial charge in [0.05, 0.1) is 33.7 Å². The molecule has 3 aromatic rings. The Bertz CT molecular complexity index is 1330. The third kappa shape index (κ3) is 4.39. The molecule has 0 saturated heterocycles. The summed E-state index contributed by atoms with van der Waals surface area (Å²) in [4.78, 5) is 61.2. The van der Waals surface area contributed by atoms with Gasteiger partial charge in [-0.15, -0.1) is 0 Å². The first-order valence-electron chi connectivity index (χ1n) is 10.1. The summed E-state index contributed by atoms with van der Waals surface area (Å²) < 4.78 is 5.07. The summed E-state index contributed by atoms with van der Waals surface area (Å²) in [6.07, 6.45) is 1.15. The standard InChI is InChI=1S/C23H18N4O7/c1-13-4-7-17(25-21(29)19-3-2-10-34-19)18(11-13)24-20(28)8-9-26-22(30)15-6-5-14(27(32)33)12-16(15)23(26)31/h2-7,10-12H,8-9H2,1H3,(H,24,28)(H,25,29). The van der Waals surface area contributed by atoms with Crippen LogP contribution in [0, 0.1) is 17.0 Å². The van der Waals surface area contributed by atoms with Crippen LogP contribution < -0.4 is 10.6 Å². The van der Waals surface area contributed by atoms with Crippen LogP contribution in [0.3, 0.4) is 0 Å². The number of imide groups is 1. The predicted molar refractivity (Wildman–Crippen MR) is 120 cm³/mol. The highest BCUT2D eigenvalue weighted by Gasteiger charge is 2.36. The molecule has 0 atom stereocenters. The Morgan fingerprint density at radius 1 is 1.00 bits per heavy atom. The Balaban J connectivity index is 1.43. The summed E-state index contributed by atoms with van der Waals surface area (Å²) in [5, 5.41) is 16.3. The zero-order chi connectivity index (χ0) is 24.4. The van der Waals surface area contributed by atoms with Crippen LogP contribution in [0.4, 0.5) is 17.1 Å². The SMILES string of the molecule is Cc1ccc(NC(=O)c2ccco2)c(NC(=O)CCN2C(=O)c3ccc([N+](=O)[O-])cc3C2=O)c1. The van der Waals surface area contributed by atoms with Gasteiger partial charge in [-0.1, -0.05) is 6.07 Å². The number of nitrogens with one attached hydrogen (secondary N) is 2. The maximum absolute atomic E-state index is 12.6. The van der Waals surface area contributed by atoms with Gasteiger partial charge in [-0.25, -0.2) is 0 Å². The van der Waals surface area contributed by atoms with Gasteiger partial charge < -0.3 is 15.1 Å². The topological polar surface area (TPSA) is 152 Å². The van der Waals surface area contributed by atoms with Crippen molar-refractivity contribution in [2.75, 3.05) is 17.2 Å². The number of fused-ring (bicyclic) bond motifs is 1. The number of furan rings is 1. The van der Waals surface area contributed by atoms with Crippen molar-refractivity contribution in [3.8, 4) is 0 Å². The zero-order valence-electron chi connectivity index (χ0n) is 17.9. The van der Waals surface area contributed by atoms with Gasteiger partial charge in [0.1, 0.15) is 0 Å². The molecule has 1 aliphatic heterocycles. The minimum Gasteiger partial charge on any atom is -0.459 e. The number of carbonyl (C=O) groups excluding carboxylic acids is 4. The van der Waals surface area contributed by atoms with Crippen LogP contribution in [0.1, 0.15) is 43.3 Å². The van der Waals surface area contributed by atoms with E-state index in [0.717, 1.165) is 22.6 Å². The molecule has 0 radical (unpaired) electrons. The van der Waals surface area contributed by atoms with Crippen LogP contribution in [0.2, 0.25) is 0 Å². The second kappa shape index (κ2) is 8.98. The number of aryl methyl sites for hydroxylation is 1. The fourth-order valence-electron chi connectivity index (χ4n) is 3.48. The molecule has 34 heavy (non-hydrogen) atoms. The fraction of sp³-hybridized carbons (Fsp3) is 0.130. The van der Waals surface area contributed by atoms with Crippen molar-refractivity contribution in [1.82, 2.24) is 4.90 Å². The molecule has 11 heteroatoms. The quantitative estimate of drug-likeness (QED) is 0.310. The molecule has 0 aliphatic carbocycles. The second-order valence-electron chi connectivity index (χ2n) is 7.53. The van der Waals surface area contributed by atoms with Crippen molar-refractivity contribution in [1.29, 1.82) is 0 Å². The van der Waals surface area contributed by atoms with Gasteiger partial charge in [0.25, 0.3) is 23.4 Å². The first kappa shape index (κ1) is 22.4. The molecule has 2 N–H and O–H groups in total. The second-order valence-corrected chi connectivity index (χ2v) is 7.53. The summed E-state index contributed by atoms with van der Waals surface area (Å²) in [5.41, 5.74) is 1.19. The van der Waals surface area contributed by atoms with Gasteiger partial charge in [-0.05, 0) is 42.8 Å². The monoisotopic (exact) mass is 462 g/mol. The van der Waals surface area contributed by atoms with Gasteiger partial charge in [0.15, 0.2) is 5.76 Å². The van der Waals surface area contributed by atoms with E-state index in [-0.39, 0.29) is 35.5 Å². The third-order valence-corrected chi connectivity index (χ3v) is 5.17. The number of carbonyl (C=O) groups is 4.